The minimum atomic E-state index is -3.63. The first-order valence-corrected chi connectivity index (χ1v) is 11.6. The Morgan fingerprint density at radius 3 is 2.68 bits per heavy atom. The SMILES string of the molecule is O=C(Nc1cccc2ccccc12)C1CCCN(S(=O)(=O)c2ccc(Cl)s2)C1. The number of halogens is 1. The van der Waals surface area contributed by atoms with Crippen LogP contribution >= 0.6 is 22.9 Å². The van der Waals surface area contributed by atoms with Gasteiger partial charge >= 0.3 is 0 Å². The van der Waals surface area contributed by atoms with Crippen LogP contribution in [-0.4, -0.2) is 31.7 Å². The summed E-state index contributed by atoms with van der Waals surface area (Å²) in [6.07, 6.45) is 1.31. The fourth-order valence-corrected chi connectivity index (χ4v) is 6.67. The molecule has 0 aliphatic carbocycles. The molecule has 0 bridgehead atoms. The molecule has 1 fully saturated rings. The number of thiophene rings is 1. The van der Waals surface area contributed by atoms with Crippen LogP contribution in [0.5, 0.6) is 0 Å². The van der Waals surface area contributed by atoms with Crippen LogP contribution in [0.3, 0.4) is 0 Å². The van der Waals surface area contributed by atoms with Crippen LogP contribution < -0.4 is 5.32 Å². The maximum absolute atomic E-state index is 12.9. The van der Waals surface area contributed by atoms with Crippen LogP contribution in [0.4, 0.5) is 5.69 Å². The van der Waals surface area contributed by atoms with Gasteiger partial charge in [0.05, 0.1) is 10.3 Å². The lowest BCUT2D eigenvalue weighted by Crippen LogP contribution is -2.43. The maximum Gasteiger partial charge on any atom is 0.252 e. The summed E-state index contributed by atoms with van der Waals surface area (Å²) in [4.78, 5) is 12.9. The zero-order chi connectivity index (χ0) is 19.7. The van der Waals surface area contributed by atoms with Gasteiger partial charge in [-0.15, -0.1) is 11.3 Å². The van der Waals surface area contributed by atoms with E-state index < -0.39 is 15.9 Å². The van der Waals surface area contributed by atoms with Crippen LogP contribution in [-0.2, 0) is 14.8 Å². The summed E-state index contributed by atoms with van der Waals surface area (Å²) < 4.78 is 27.7. The highest BCUT2D eigenvalue weighted by atomic mass is 35.5. The fraction of sp³-hybridized carbons (Fsp3) is 0.250. The minimum Gasteiger partial charge on any atom is -0.325 e. The number of carbonyl (C=O) groups is 1. The van der Waals surface area contributed by atoms with Crippen molar-refractivity contribution in [2.24, 2.45) is 5.92 Å². The number of rotatable bonds is 4. The van der Waals surface area contributed by atoms with Crippen molar-refractivity contribution < 1.29 is 13.2 Å². The number of nitrogens with zero attached hydrogens (tertiary/aromatic N) is 1. The van der Waals surface area contributed by atoms with Gasteiger partial charge in [0.1, 0.15) is 4.21 Å². The highest BCUT2D eigenvalue weighted by Gasteiger charge is 2.34. The largest absolute Gasteiger partial charge is 0.325 e. The first kappa shape index (κ1) is 19.4. The monoisotopic (exact) mass is 434 g/mol. The molecule has 1 aliphatic rings. The number of anilines is 1. The number of hydrogen-bond donors (Lipinski definition) is 1. The molecule has 1 unspecified atom stereocenters. The number of carbonyl (C=O) groups excluding carboxylic acids is 1. The Bertz CT molecular complexity index is 1120. The molecule has 2 aromatic carbocycles. The summed E-state index contributed by atoms with van der Waals surface area (Å²) in [5, 5.41) is 5.00. The van der Waals surface area contributed by atoms with Crippen molar-refractivity contribution >= 4 is 55.3 Å². The van der Waals surface area contributed by atoms with E-state index in [1.807, 2.05) is 42.5 Å². The Labute approximate surface area is 173 Å². The number of benzene rings is 2. The molecule has 1 aliphatic heterocycles. The second-order valence-electron chi connectivity index (χ2n) is 6.78. The second kappa shape index (κ2) is 7.83. The van der Waals surface area contributed by atoms with E-state index in [1.54, 1.807) is 6.07 Å². The molecule has 1 N–H and O–H groups in total. The molecule has 2 heterocycles. The van der Waals surface area contributed by atoms with E-state index in [2.05, 4.69) is 5.32 Å². The second-order valence-corrected chi connectivity index (χ2v) is 10.7. The number of sulfonamides is 1. The fourth-order valence-electron chi connectivity index (χ4n) is 3.51. The lowest BCUT2D eigenvalue weighted by molar-refractivity contribution is -0.120. The number of piperidine rings is 1. The van der Waals surface area contributed by atoms with Gasteiger partial charge in [0.15, 0.2) is 0 Å². The summed E-state index contributed by atoms with van der Waals surface area (Å²) >= 11 is 6.93. The first-order valence-electron chi connectivity index (χ1n) is 8.99. The third-order valence-corrected chi connectivity index (χ3v) is 8.51. The van der Waals surface area contributed by atoms with Gasteiger partial charge < -0.3 is 5.32 Å². The molecule has 3 aromatic rings. The Kier molecular flexibility index (Phi) is 5.42. The third-order valence-electron chi connectivity index (χ3n) is 4.95. The van der Waals surface area contributed by atoms with Crippen molar-refractivity contribution in [1.29, 1.82) is 0 Å². The van der Waals surface area contributed by atoms with Gasteiger partial charge in [-0.1, -0.05) is 48.0 Å². The van der Waals surface area contributed by atoms with Gasteiger partial charge in [-0.25, -0.2) is 8.42 Å². The van der Waals surface area contributed by atoms with E-state index in [1.165, 1.54) is 10.4 Å². The Balaban J connectivity index is 1.52. The van der Waals surface area contributed by atoms with Gasteiger partial charge in [0.25, 0.3) is 10.0 Å². The van der Waals surface area contributed by atoms with Crippen LogP contribution in [0.15, 0.2) is 58.8 Å². The molecule has 1 atom stereocenters. The molecule has 1 saturated heterocycles. The van der Waals surface area contributed by atoms with E-state index in [9.17, 15) is 13.2 Å². The van der Waals surface area contributed by atoms with E-state index in [0.29, 0.717) is 23.7 Å². The average Bonchev–Trinajstić information content (AvgIpc) is 3.15. The van der Waals surface area contributed by atoms with E-state index >= 15 is 0 Å². The van der Waals surface area contributed by atoms with Gasteiger partial charge in [0.2, 0.25) is 5.91 Å². The van der Waals surface area contributed by atoms with Gasteiger partial charge in [0, 0.05) is 24.2 Å². The zero-order valence-corrected chi connectivity index (χ0v) is 17.4. The smallest absolute Gasteiger partial charge is 0.252 e. The summed E-state index contributed by atoms with van der Waals surface area (Å²) in [5.74, 6) is -0.543. The van der Waals surface area contributed by atoms with Crippen molar-refractivity contribution in [3.8, 4) is 0 Å². The molecule has 8 heteroatoms. The molecule has 28 heavy (non-hydrogen) atoms. The normalized spacial score (nSPS) is 18.2. The van der Waals surface area contributed by atoms with Crippen molar-refractivity contribution in [3.63, 3.8) is 0 Å². The lowest BCUT2D eigenvalue weighted by Gasteiger charge is -2.30. The Hall–Kier alpha value is -1.93. The highest BCUT2D eigenvalue weighted by molar-refractivity contribution is 7.91. The molecule has 4 rings (SSSR count). The zero-order valence-electron chi connectivity index (χ0n) is 15.0. The minimum absolute atomic E-state index is 0.152. The van der Waals surface area contributed by atoms with E-state index in [0.717, 1.165) is 27.8 Å². The van der Waals surface area contributed by atoms with Gasteiger partial charge in [-0.05, 0) is 36.4 Å². The number of fused-ring (bicyclic) bond motifs is 1. The molecule has 146 valence electrons. The predicted octanol–water partition coefficient (Wildman–Crippen LogP) is 4.59. The molecule has 0 saturated carbocycles. The first-order chi connectivity index (χ1) is 13.4. The molecular weight excluding hydrogens is 416 g/mol. The molecular formula is C20H19ClN2O3S2. The van der Waals surface area contributed by atoms with Crippen LogP contribution in [0, 0.1) is 5.92 Å². The maximum atomic E-state index is 12.9. The van der Waals surface area contributed by atoms with Crippen molar-refractivity contribution in [2.75, 3.05) is 18.4 Å². The van der Waals surface area contributed by atoms with Crippen molar-refractivity contribution in [2.45, 2.75) is 17.1 Å². The highest BCUT2D eigenvalue weighted by Crippen LogP contribution is 2.31. The summed E-state index contributed by atoms with van der Waals surface area (Å²) in [7, 11) is -3.63. The molecule has 0 spiro atoms. The molecule has 5 nitrogen and oxygen atoms in total. The summed E-state index contributed by atoms with van der Waals surface area (Å²) in [6, 6.07) is 16.7. The van der Waals surface area contributed by atoms with Crippen LogP contribution in [0.25, 0.3) is 10.8 Å². The quantitative estimate of drug-likeness (QED) is 0.652. The lowest BCUT2D eigenvalue weighted by atomic mass is 9.98. The van der Waals surface area contributed by atoms with E-state index in [-0.39, 0.29) is 16.7 Å². The molecule has 0 radical (unpaired) electrons. The van der Waals surface area contributed by atoms with Crippen molar-refractivity contribution in [3.05, 3.63) is 58.9 Å². The number of hydrogen-bond acceptors (Lipinski definition) is 4. The number of nitrogens with one attached hydrogen (secondary N) is 1. The average molecular weight is 435 g/mol. The Morgan fingerprint density at radius 1 is 1.11 bits per heavy atom. The topological polar surface area (TPSA) is 66.5 Å². The van der Waals surface area contributed by atoms with Crippen molar-refractivity contribution in [1.82, 2.24) is 4.31 Å². The van der Waals surface area contributed by atoms with Gasteiger partial charge in [-0.3, -0.25) is 4.79 Å². The standard InChI is InChI=1S/C20H19ClN2O3S2/c21-18-10-11-19(27-18)28(25,26)23-12-4-7-15(13-23)20(24)22-17-9-3-6-14-5-1-2-8-16(14)17/h1-3,5-6,8-11,15H,4,7,12-13H2,(H,22,24). The molecule has 1 aromatic heterocycles. The predicted molar refractivity (Wildman–Crippen MR) is 113 cm³/mol. The summed E-state index contributed by atoms with van der Waals surface area (Å²) in [6.45, 7) is 0.588. The van der Waals surface area contributed by atoms with Gasteiger partial charge in [-0.2, -0.15) is 4.31 Å². The molecule has 1 amide bonds. The third kappa shape index (κ3) is 3.80. The summed E-state index contributed by atoms with van der Waals surface area (Å²) in [5.41, 5.74) is 0.744. The number of amides is 1. The van der Waals surface area contributed by atoms with Crippen LogP contribution in [0.1, 0.15) is 12.8 Å². The Morgan fingerprint density at radius 2 is 1.89 bits per heavy atom. The van der Waals surface area contributed by atoms with E-state index in [4.69, 9.17) is 11.6 Å². The van der Waals surface area contributed by atoms with Crippen LogP contribution in [0.2, 0.25) is 4.34 Å².